The summed E-state index contributed by atoms with van der Waals surface area (Å²) in [5, 5.41) is 11.0. The van der Waals surface area contributed by atoms with Gasteiger partial charge in [0.05, 0.1) is 5.56 Å². The van der Waals surface area contributed by atoms with E-state index in [0.717, 1.165) is 31.2 Å². The number of carbonyl (C=O) groups is 2. The zero-order valence-electron chi connectivity index (χ0n) is 14.3. The Balaban J connectivity index is 1.43. The van der Waals surface area contributed by atoms with Crippen molar-refractivity contribution in [1.82, 2.24) is 14.9 Å². The van der Waals surface area contributed by atoms with E-state index in [4.69, 9.17) is 5.11 Å². The highest BCUT2D eigenvalue weighted by Crippen LogP contribution is 2.22. The number of rotatable bonds is 6. The zero-order chi connectivity index (χ0) is 18.7. The number of benzene rings is 1. The van der Waals surface area contributed by atoms with Crippen LogP contribution in [-0.4, -0.2) is 54.8 Å². The van der Waals surface area contributed by atoms with Crippen LogP contribution in [0.5, 0.6) is 0 Å². The second kappa shape index (κ2) is 7.63. The van der Waals surface area contributed by atoms with Gasteiger partial charge in [-0.15, -0.1) is 0 Å². The first-order valence-electron chi connectivity index (χ1n) is 8.71. The molecule has 0 spiro atoms. The number of sulfonamides is 1. The van der Waals surface area contributed by atoms with Crippen LogP contribution in [0.2, 0.25) is 0 Å². The topological polar surface area (TPSA) is 116 Å². The molecule has 3 rings (SSSR count). The predicted octanol–water partition coefficient (Wildman–Crippen LogP) is 1.14. The first kappa shape index (κ1) is 18.7. The van der Waals surface area contributed by atoms with E-state index in [1.807, 2.05) is 0 Å². The van der Waals surface area contributed by atoms with Crippen molar-refractivity contribution in [3.8, 4) is 0 Å². The Morgan fingerprint density at radius 1 is 1.12 bits per heavy atom. The molecule has 1 saturated heterocycles. The smallest absolute Gasteiger partial charge is 0.335 e. The first-order chi connectivity index (χ1) is 12.3. The van der Waals surface area contributed by atoms with E-state index in [-0.39, 0.29) is 37.3 Å². The van der Waals surface area contributed by atoms with Crippen molar-refractivity contribution in [1.29, 1.82) is 0 Å². The van der Waals surface area contributed by atoms with Crippen LogP contribution in [0.1, 0.15) is 41.6 Å². The number of amides is 2. The summed E-state index contributed by atoms with van der Waals surface area (Å²) in [5.74, 6) is -1.00. The summed E-state index contributed by atoms with van der Waals surface area (Å²) in [7, 11) is -3.38. The molecule has 1 aromatic carbocycles. The Hall–Kier alpha value is -2.13. The summed E-state index contributed by atoms with van der Waals surface area (Å²) in [6, 6.07) is 5.95. The minimum absolute atomic E-state index is 0.0386. The summed E-state index contributed by atoms with van der Waals surface area (Å²) in [4.78, 5) is 24.4. The average molecular weight is 381 g/mol. The van der Waals surface area contributed by atoms with Crippen LogP contribution in [0.3, 0.4) is 0 Å². The van der Waals surface area contributed by atoms with Crippen LogP contribution in [0.15, 0.2) is 24.3 Å². The molecule has 1 heterocycles. The Morgan fingerprint density at radius 2 is 1.73 bits per heavy atom. The van der Waals surface area contributed by atoms with Crippen molar-refractivity contribution in [2.75, 3.05) is 13.1 Å². The first-order valence-corrected chi connectivity index (χ1v) is 10.3. The van der Waals surface area contributed by atoms with Gasteiger partial charge in [-0.1, -0.05) is 25.0 Å². The number of urea groups is 1. The number of carbonyl (C=O) groups excluding carboxylic acids is 1. The van der Waals surface area contributed by atoms with Gasteiger partial charge in [0.15, 0.2) is 0 Å². The lowest BCUT2D eigenvalue weighted by Crippen LogP contribution is -2.61. The lowest BCUT2D eigenvalue weighted by molar-refractivity contribution is 0.0696. The van der Waals surface area contributed by atoms with Crippen LogP contribution in [0, 0.1) is 0 Å². The van der Waals surface area contributed by atoms with Gasteiger partial charge in [0.1, 0.15) is 5.25 Å². The van der Waals surface area contributed by atoms with Crippen molar-refractivity contribution in [2.45, 2.75) is 43.5 Å². The SMILES string of the molecule is O=C(O)c1ccc(CNC(=O)N2CC(S(=O)(=O)NC3CCCC3)C2)cc1. The molecule has 9 heteroatoms. The van der Waals surface area contributed by atoms with Crippen LogP contribution in [0.25, 0.3) is 0 Å². The van der Waals surface area contributed by atoms with E-state index >= 15 is 0 Å². The van der Waals surface area contributed by atoms with Gasteiger partial charge >= 0.3 is 12.0 Å². The van der Waals surface area contributed by atoms with Gasteiger partial charge in [-0.3, -0.25) is 0 Å². The molecule has 26 heavy (non-hydrogen) atoms. The quantitative estimate of drug-likeness (QED) is 0.683. The predicted molar refractivity (Wildman–Crippen MR) is 95.3 cm³/mol. The number of carboxylic acids is 1. The largest absolute Gasteiger partial charge is 0.478 e. The Bertz CT molecular complexity index is 766. The van der Waals surface area contributed by atoms with Crippen LogP contribution in [0.4, 0.5) is 4.79 Å². The maximum Gasteiger partial charge on any atom is 0.335 e. The number of hydrogen-bond acceptors (Lipinski definition) is 4. The maximum atomic E-state index is 12.3. The third-order valence-electron chi connectivity index (χ3n) is 4.90. The van der Waals surface area contributed by atoms with E-state index in [1.54, 1.807) is 12.1 Å². The van der Waals surface area contributed by atoms with Gasteiger partial charge < -0.3 is 15.3 Å². The number of carboxylic acid groups (broad SMARTS) is 1. The monoisotopic (exact) mass is 381 g/mol. The van der Waals surface area contributed by atoms with E-state index in [9.17, 15) is 18.0 Å². The molecule has 2 fully saturated rings. The molecular formula is C17H23N3O5S. The van der Waals surface area contributed by atoms with Gasteiger partial charge in [0.2, 0.25) is 10.0 Å². The molecule has 0 radical (unpaired) electrons. The number of nitrogens with zero attached hydrogens (tertiary/aromatic N) is 1. The molecule has 0 aromatic heterocycles. The summed E-state index contributed by atoms with van der Waals surface area (Å²) in [6.45, 7) is 0.630. The van der Waals surface area contributed by atoms with Crippen LogP contribution in [-0.2, 0) is 16.6 Å². The van der Waals surface area contributed by atoms with Gasteiger partial charge in [-0.05, 0) is 30.5 Å². The van der Waals surface area contributed by atoms with Crippen molar-refractivity contribution in [3.63, 3.8) is 0 Å². The summed E-state index contributed by atoms with van der Waals surface area (Å²) >= 11 is 0. The number of nitrogens with one attached hydrogen (secondary N) is 2. The maximum absolute atomic E-state index is 12.3. The van der Waals surface area contributed by atoms with Gasteiger partial charge in [-0.2, -0.15) is 0 Å². The second-order valence-corrected chi connectivity index (χ2v) is 8.82. The van der Waals surface area contributed by atoms with Gasteiger partial charge in [0.25, 0.3) is 0 Å². The Labute approximate surface area is 152 Å². The molecular weight excluding hydrogens is 358 g/mol. The van der Waals surface area contributed by atoms with E-state index < -0.39 is 21.2 Å². The minimum atomic E-state index is -3.38. The standard InChI is InChI=1S/C17H23N3O5S/c21-16(22)13-7-5-12(6-8-13)9-18-17(23)20-10-15(11-20)26(24,25)19-14-3-1-2-4-14/h5-8,14-15,19H,1-4,9-11H2,(H,18,23)(H,21,22). The third kappa shape index (κ3) is 4.34. The molecule has 1 aliphatic heterocycles. The molecule has 0 unspecified atom stereocenters. The highest BCUT2D eigenvalue weighted by Gasteiger charge is 2.40. The van der Waals surface area contributed by atoms with E-state index in [2.05, 4.69) is 10.0 Å². The van der Waals surface area contributed by atoms with Crippen LogP contribution >= 0.6 is 0 Å². The third-order valence-corrected chi connectivity index (χ3v) is 6.74. The van der Waals surface area contributed by atoms with Crippen molar-refractivity contribution < 1.29 is 23.1 Å². The normalized spacial score (nSPS) is 18.5. The second-order valence-electron chi connectivity index (χ2n) is 6.83. The summed E-state index contributed by atoms with van der Waals surface area (Å²) < 4.78 is 27.3. The molecule has 2 aliphatic rings. The summed E-state index contributed by atoms with van der Waals surface area (Å²) in [6.07, 6.45) is 3.88. The highest BCUT2D eigenvalue weighted by atomic mass is 32.2. The van der Waals surface area contributed by atoms with Gasteiger partial charge in [0, 0.05) is 25.7 Å². The molecule has 0 atom stereocenters. The Morgan fingerprint density at radius 3 is 2.31 bits per heavy atom. The molecule has 1 saturated carbocycles. The lowest BCUT2D eigenvalue weighted by Gasteiger charge is -2.38. The minimum Gasteiger partial charge on any atom is -0.478 e. The van der Waals surface area contributed by atoms with Gasteiger partial charge in [-0.25, -0.2) is 22.7 Å². The average Bonchev–Trinajstić information content (AvgIpc) is 3.03. The molecule has 2 amide bonds. The number of hydrogen-bond donors (Lipinski definition) is 3. The molecule has 0 bridgehead atoms. The number of likely N-dealkylation sites (tertiary alicyclic amines) is 1. The molecule has 8 nitrogen and oxygen atoms in total. The fraction of sp³-hybridized carbons (Fsp3) is 0.529. The fourth-order valence-electron chi connectivity index (χ4n) is 3.23. The fourth-order valence-corrected chi connectivity index (χ4v) is 4.87. The zero-order valence-corrected chi connectivity index (χ0v) is 15.2. The van der Waals surface area contributed by atoms with E-state index in [1.165, 1.54) is 17.0 Å². The molecule has 1 aliphatic carbocycles. The molecule has 3 N–H and O–H groups in total. The van der Waals surface area contributed by atoms with E-state index in [0.29, 0.717) is 0 Å². The lowest BCUT2D eigenvalue weighted by atomic mass is 10.1. The van der Waals surface area contributed by atoms with Crippen LogP contribution < -0.4 is 10.0 Å². The van der Waals surface area contributed by atoms with Crippen molar-refractivity contribution >= 4 is 22.0 Å². The van der Waals surface area contributed by atoms with Crippen molar-refractivity contribution in [2.24, 2.45) is 0 Å². The molecule has 142 valence electrons. The highest BCUT2D eigenvalue weighted by molar-refractivity contribution is 7.90. The number of aromatic carboxylic acids is 1. The Kier molecular flexibility index (Phi) is 5.47. The summed E-state index contributed by atoms with van der Waals surface area (Å²) in [5.41, 5.74) is 0.960. The molecule has 1 aromatic rings. The van der Waals surface area contributed by atoms with Crippen molar-refractivity contribution in [3.05, 3.63) is 35.4 Å².